The lowest BCUT2D eigenvalue weighted by atomic mass is 10.0. The Morgan fingerprint density at radius 3 is 2.78 bits per heavy atom. The second-order valence-electron chi connectivity index (χ2n) is 4.36. The molecule has 2 rings (SSSR count). The molecule has 0 aliphatic heterocycles. The molecule has 1 atom stereocenters. The molecule has 18 heavy (non-hydrogen) atoms. The molecular formula is C15H18O2S. The number of aliphatic hydroxyl groups excluding tert-OH is 1. The summed E-state index contributed by atoms with van der Waals surface area (Å²) >= 11 is 1.74. The number of aliphatic hydroxyl groups is 1. The van der Waals surface area contributed by atoms with Gasteiger partial charge in [-0.05, 0) is 54.5 Å². The Labute approximate surface area is 112 Å². The van der Waals surface area contributed by atoms with E-state index in [9.17, 15) is 5.11 Å². The highest BCUT2D eigenvalue weighted by molar-refractivity contribution is 7.09. The van der Waals surface area contributed by atoms with E-state index < -0.39 is 6.10 Å². The van der Waals surface area contributed by atoms with E-state index in [4.69, 9.17) is 4.74 Å². The molecule has 0 spiro atoms. The van der Waals surface area contributed by atoms with Crippen molar-refractivity contribution in [1.82, 2.24) is 0 Å². The number of methoxy groups -OCH3 is 1. The van der Waals surface area contributed by atoms with E-state index >= 15 is 0 Å². The molecule has 1 aromatic carbocycles. The summed E-state index contributed by atoms with van der Waals surface area (Å²) in [5, 5.41) is 12.2. The Bertz CT molecular complexity index is 491. The summed E-state index contributed by atoms with van der Waals surface area (Å²) in [5.74, 6) is 0.865. The fourth-order valence-electron chi connectivity index (χ4n) is 2.01. The quantitative estimate of drug-likeness (QED) is 0.889. The molecule has 1 heterocycles. The molecule has 0 saturated heterocycles. The fourth-order valence-corrected chi connectivity index (χ4v) is 2.73. The summed E-state index contributed by atoms with van der Waals surface area (Å²) in [4.78, 5) is 1.32. The molecule has 2 nitrogen and oxygen atoms in total. The second kappa shape index (κ2) is 6.03. The first-order chi connectivity index (χ1) is 8.70. The molecule has 3 heteroatoms. The summed E-state index contributed by atoms with van der Waals surface area (Å²) < 4.78 is 5.22. The average Bonchev–Trinajstić information content (AvgIpc) is 2.89. The van der Waals surface area contributed by atoms with E-state index in [2.05, 4.69) is 11.4 Å². The van der Waals surface area contributed by atoms with Crippen LogP contribution >= 0.6 is 11.3 Å². The molecule has 0 fully saturated rings. The van der Waals surface area contributed by atoms with Crippen molar-refractivity contribution in [2.24, 2.45) is 0 Å². The number of rotatable bonds is 5. The van der Waals surface area contributed by atoms with E-state index in [-0.39, 0.29) is 0 Å². The van der Waals surface area contributed by atoms with E-state index in [0.29, 0.717) is 0 Å². The predicted octanol–water partition coefficient (Wildman–Crippen LogP) is 3.73. The first-order valence-corrected chi connectivity index (χ1v) is 6.93. The Hall–Kier alpha value is -1.32. The van der Waals surface area contributed by atoms with Gasteiger partial charge in [-0.1, -0.05) is 12.1 Å². The minimum atomic E-state index is -0.406. The first-order valence-electron chi connectivity index (χ1n) is 6.05. The predicted molar refractivity (Wildman–Crippen MR) is 75.3 cm³/mol. The van der Waals surface area contributed by atoms with Crippen LogP contribution in [-0.4, -0.2) is 12.2 Å². The number of ether oxygens (including phenoxy) is 1. The summed E-state index contributed by atoms with van der Waals surface area (Å²) in [6.45, 7) is 1.99. The van der Waals surface area contributed by atoms with Gasteiger partial charge < -0.3 is 9.84 Å². The zero-order valence-corrected chi connectivity index (χ0v) is 11.5. The monoisotopic (exact) mass is 262 g/mol. The van der Waals surface area contributed by atoms with Crippen molar-refractivity contribution in [2.75, 3.05) is 7.11 Å². The number of benzene rings is 1. The van der Waals surface area contributed by atoms with Gasteiger partial charge in [-0.2, -0.15) is 0 Å². The van der Waals surface area contributed by atoms with Crippen LogP contribution in [0.4, 0.5) is 0 Å². The molecule has 0 radical (unpaired) electrons. The summed E-state index contributed by atoms with van der Waals surface area (Å²) in [6.07, 6.45) is 1.27. The van der Waals surface area contributed by atoms with Crippen LogP contribution in [0.15, 0.2) is 35.7 Å². The lowest BCUT2D eigenvalue weighted by Crippen LogP contribution is -2.00. The number of hydrogen-bond acceptors (Lipinski definition) is 3. The highest BCUT2D eigenvalue weighted by atomic mass is 32.1. The second-order valence-corrected chi connectivity index (χ2v) is 5.40. The Balaban J connectivity index is 2.00. The Morgan fingerprint density at radius 2 is 2.17 bits per heavy atom. The topological polar surface area (TPSA) is 29.5 Å². The molecule has 1 N–H and O–H groups in total. The van der Waals surface area contributed by atoms with E-state index in [0.717, 1.165) is 29.7 Å². The van der Waals surface area contributed by atoms with Crippen molar-refractivity contribution in [1.29, 1.82) is 0 Å². The summed E-state index contributed by atoms with van der Waals surface area (Å²) in [7, 11) is 1.66. The molecule has 96 valence electrons. The van der Waals surface area contributed by atoms with Crippen LogP contribution in [0, 0.1) is 6.92 Å². The molecule has 0 saturated carbocycles. The van der Waals surface area contributed by atoms with Gasteiger partial charge in [-0.25, -0.2) is 0 Å². The zero-order chi connectivity index (χ0) is 13.0. The standard InChI is InChI=1S/C15H18O2S/c1-11-10-12(5-8-15(11)17-2)14(16)7-6-13-4-3-9-18-13/h3-5,8-10,14,16H,6-7H2,1-2H3. The van der Waals surface area contributed by atoms with E-state index in [1.165, 1.54) is 4.88 Å². The smallest absolute Gasteiger partial charge is 0.121 e. The largest absolute Gasteiger partial charge is 0.496 e. The molecule has 1 aromatic heterocycles. The highest BCUT2D eigenvalue weighted by Gasteiger charge is 2.10. The third-order valence-electron chi connectivity index (χ3n) is 3.05. The number of thiophene rings is 1. The van der Waals surface area contributed by atoms with Crippen LogP contribution in [0.1, 0.15) is 28.5 Å². The lowest BCUT2D eigenvalue weighted by molar-refractivity contribution is 0.168. The Morgan fingerprint density at radius 1 is 1.33 bits per heavy atom. The van der Waals surface area contributed by atoms with Crippen LogP contribution in [0.5, 0.6) is 5.75 Å². The van der Waals surface area contributed by atoms with E-state index in [1.54, 1.807) is 18.4 Å². The third-order valence-corrected chi connectivity index (χ3v) is 3.98. The normalized spacial score (nSPS) is 12.4. The van der Waals surface area contributed by atoms with Gasteiger partial charge in [0.25, 0.3) is 0 Å². The van der Waals surface area contributed by atoms with Crippen molar-refractivity contribution in [2.45, 2.75) is 25.9 Å². The molecule has 0 bridgehead atoms. The average molecular weight is 262 g/mol. The fraction of sp³-hybridized carbons (Fsp3) is 0.333. The van der Waals surface area contributed by atoms with Crippen LogP contribution in [0.2, 0.25) is 0 Å². The van der Waals surface area contributed by atoms with Gasteiger partial charge in [-0.3, -0.25) is 0 Å². The SMILES string of the molecule is COc1ccc(C(O)CCc2cccs2)cc1C. The lowest BCUT2D eigenvalue weighted by Gasteiger charge is -2.13. The Kier molecular flexibility index (Phi) is 4.39. The minimum Gasteiger partial charge on any atom is -0.496 e. The van der Waals surface area contributed by atoms with Crippen molar-refractivity contribution in [3.8, 4) is 5.75 Å². The number of hydrogen-bond donors (Lipinski definition) is 1. The maximum Gasteiger partial charge on any atom is 0.121 e. The van der Waals surface area contributed by atoms with Gasteiger partial charge in [-0.15, -0.1) is 11.3 Å². The van der Waals surface area contributed by atoms with Crippen molar-refractivity contribution < 1.29 is 9.84 Å². The minimum absolute atomic E-state index is 0.406. The maximum atomic E-state index is 10.2. The van der Waals surface area contributed by atoms with Crippen LogP contribution in [-0.2, 0) is 6.42 Å². The summed E-state index contributed by atoms with van der Waals surface area (Å²) in [5.41, 5.74) is 2.02. The van der Waals surface area contributed by atoms with Gasteiger partial charge in [0.05, 0.1) is 13.2 Å². The van der Waals surface area contributed by atoms with Gasteiger partial charge in [0.2, 0.25) is 0 Å². The summed E-state index contributed by atoms with van der Waals surface area (Å²) in [6, 6.07) is 10.0. The molecule has 0 aliphatic rings. The van der Waals surface area contributed by atoms with Crippen LogP contribution < -0.4 is 4.74 Å². The van der Waals surface area contributed by atoms with E-state index in [1.807, 2.05) is 31.2 Å². The highest BCUT2D eigenvalue weighted by Crippen LogP contribution is 2.25. The molecule has 0 aliphatic carbocycles. The molecule has 1 unspecified atom stereocenters. The van der Waals surface area contributed by atoms with Crippen LogP contribution in [0.3, 0.4) is 0 Å². The van der Waals surface area contributed by atoms with Gasteiger partial charge in [0.1, 0.15) is 5.75 Å². The molecular weight excluding hydrogens is 244 g/mol. The molecule has 2 aromatic rings. The number of aryl methyl sites for hydroxylation is 2. The van der Waals surface area contributed by atoms with Crippen molar-refractivity contribution >= 4 is 11.3 Å². The first kappa shape index (κ1) is 13.1. The van der Waals surface area contributed by atoms with Gasteiger partial charge >= 0.3 is 0 Å². The van der Waals surface area contributed by atoms with Gasteiger partial charge in [0.15, 0.2) is 0 Å². The van der Waals surface area contributed by atoms with Crippen LogP contribution in [0.25, 0.3) is 0 Å². The van der Waals surface area contributed by atoms with Crippen molar-refractivity contribution in [3.63, 3.8) is 0 Å². The molecule has 0 amide bonds. The zero-order valence-electron chi connectivity index (χ0n) is 10.7. The van der Waals surface area contributed by atoms with Gasteiger partial charge in [0, 0.05) is 4.88 Å². The maximum absolute atomic E-state index is 10.2. The van der Waals surface area contributed by atoms with Crippen molar-refractivity contribution in [3.05, 3.63) is 51.7 Å². The third kappa shape index (κ3) is 3.12.